The summed E-state index contributed by atoms with van der Waals surface area (Å²) in [5, 5.41) is 7.46. The summed E-state index contributed by atoms with van der Waals surface area (Å²) in [6, 6.07) is 21.5. The molecule has 2 saturated heterocycles. The van der Waals surface area contributed by atoms with Crippen molar-refractivity contribution in [2.45, 2.75) is 83.8 Å². The van der Waals surface area contributed by atoms with E-state index in [1.165, 1.54) is 14.2 Å². The molecular weight excluding hydrogens is 801 g/mol. The van der Waals surface area contributed by atoms with Gasteiger partial charge in [-0.05, 0) is 89.9 Å². The average Bonchev–Trinajstić information content (AvgIpc) is 4.13. The molecular formula is C48H52N8O7. The van der Waals surface area contributed by atoms with Crippen molar-refractivity contribution in [1.29, 1.82) is 0 Å². The fraction of sp³-hybridized carbons (Fsp3) is 0.375. The molecule has 15 heteroatoms. The lowest BCUT2D eigenvalue weighted by molar-refractivity contribution is -0.137. The number of H-pyrrole nitrogens is 2. The number of hydrogen-bond acceptors (Lipinski definition) is 9. The van der Waals surface area contributed by atoms with E-state index < -0.39 is 24.3 Å². The van der Waals surface area contributed by atoms with Gasteiger partial charge in [-0.15, -0.1) is 0 Å². The minimum atomic E-state index is -0.896. The van der Waals surface area contributed by atoms with E-state index in [9.17, 15) is 19.2 Å². The zero-order chi connectivity index (χ0) is 44.1. The van der Waals surface area contributed by atoms with Gasteiger partial charge in [-0.25, -0.2) is 19.6 Å². The molecule has 0 bridgehead atoms. The molecule has 4 aromatic carbocycles. The number of aromatic amines is 2. The number of hydrogen-bond donors (Lipinski definition) is 4. The number of carbonyl (C=O) groups excluding carboxylic acids is 4. The first-order valence-electron chi connectivity index (χ1n) is 21.6. The third-order valence-electron chi connectivity index (χ3n) is 13.1. The van der Waals surface area contributed by atoms with Gasteiger partial charge in [0.1, 0.15) is 36.1 Å². The van der Waals surface area contributed by atoms with E-state index in [-0.39, 0.29) is 41.8 Å². The molecule has 3 aliphatic rings. The highest BCUT2D eigenvalue weighted by Gasteiger charge is 2.45. The predicted octanol–water partition coefficient (Wildman–Crippen LogP) is 8.11. The number of ether oxygens (including phenoxy) is 3. The summed E-state index contributed by atoms with van der Waals surface area (Å²) in [5.74, 6) is 1.86. The Bertz CT molecular complexity index is 2730. The van der Waals surface area contributed by atoms with Gasteiger partial charge in [0.25, 0.3) is 5.91 Å². The summed E-state index contributed by atoms with van der Waals surface area (Å²) in [4.78, 5) is 73.2. The van der Waals surface area contributed by atoms with Gasteiger partial charge in [-0.3, -0.25) is 9.59 Å². The van der Waals surface area contributed by atoms with Crippen LogP contribution in [0.4, 0.5) is 9.59 Å². The van der Waals surface area contributed by atoms with Crippen molar-refractivity contribution in [2.24, 2.45) is 11.8 Å². The molecule has 5 heterocycles. The normalized spacial score (nSPS) is 20.2. The number of carbonyl (C=O) groups is 4. The molecule has 9 rings (SSSR count). The lowest BCUT2D eigenvalue weighted by Crippen LogP contribution is -2.53. The lowest BCUT2D eigenvalue weighted by Gasteiger charge is -2.33. The number of amides is 4. The van der Waals surface area contributed by atoms with Crippen molar-refractivity contribution in [2.75, 3.05) is 20.8 Å². The highest BCUT2D eigenvalue weighted by Crippen LogP contribution is 2.45. The average molecular weight is 853 g/mol. The molecule has 0 spiro atoms. The monoisotopic (exact) mass is 852 g/mol. The Hall–Kier alpha value is -6.90. The Balaban J connectivity index is 0.967. The van der Waals surface area contributed by atoms with Crippen LogP contribution >= 0.6 is 0 Å². The van der Waals surface area contributed by atoms with E-state index >= 15 is 0 Å². The third kappa shape index (κ3) is 7.59. The number of aromatic nitrogens is 4. The summed E-state index contributed by atoms with van der Waals surface area (Å²) >= 11 is 0. The largest absolute Gasteiger partial charge is 0.488 e. The van der Waals surface area contributed by atoms with Crippen LogP contribution in [-0.2, 0) is 25.7 Å². The van der Waals surface area contributed by atoms with Crippen LogP contribution in [0.2, 0.25) is 0 Å². The molecule has 63 heavy (non-hydrogen) atoms. The van der Waals surface area contributed by atoms with Crippen LogP contribution in [0, 0.1) is 11.8 Å². The standard InChI is InChI=1S/C48H52N8O7/c1-25(2)40(53-47(59)61-5)46(58)56-27(4)26(3)19-38(56)44-50-35-17-15-29-21-34-32-16-14-30(20-31(32)24-63-39(34)22-33(29)42(35)52-44)36-23-49-43(51-36)37-13-10-18-55(37)45(57)41(54-48(60)62-6)28-11-8-7-9-12-28/h7-9,11-12,14-17,20-23,25-27,37-38,40-41H,10,13,18-19,24H2,1-6H3,(H,49,51)(H,50,52)(H,53,59)(H,54,60)/t26?,27-,37+,38+,40+,41-/m1/s1. The van der Waals surface area contributed by atoms with Crippen LogP contribution in [0.25, 0.3) is 44.2 Å². The number of imidazole rings is 2. The van der Waals surface area contributed by atoms with Crippen molar-refractivity contribution in [3.8, 4) is 28.1 Å². The van der Waals surface area contributed by atoms with Gasteiger partial charge >= 0.3 is 12.2 Å². The zero-order valence-corrected chi connectivity index (χ0v) is 36.2. The second-order valence-corrected chi connectivity index (χ2v) is 17.2. The van der Waals surface area contributed by atoms with E-state index in [4.69, 9.17) is 24.2 Å². The summed E-state index contributed by atoms with van der Waals surface area (Å²) < 4.78 is 16.1. The molecule has 0 aliphatic carbocycles. The Morgan fingerprint density at radius 3 is 2.40 bits per heavy atom. The molecule has 0 radical (unpaired) electrons. The minimum Gasteiger partial charge on any atom is -0.488 e. The number of nitrogens with zero attached hydrogens (tertiary/aromatic N) is 4. The highest BCUT2D eigenvalue weighted by molar-refractivity contribution is 6.07. The van der Waals surface area contributed by atoms with Crippen LogP contribution in [0.15, 0.2) is 79.0 Å². The number of rotatable bonds is 9. The van der Waals surface area contributed by atoms with Crippen LogP contribution in [-0.4, -0.2) is 86.6 Å². The van der Waals surface area contributed by atoms with Crippen LogP contribution < -0.4 is 15.4 Å². The number of fused-ring (bicyclic) bond motifs is 6. The molecule has 6 aromatic rings. The van der Waals surface area contributed by atoms with Gasteiger partial charge < -0.3 is 44.6 Å². The topological polar surface area (TPSA) is 184 Å². The summed E-state index contributed by atoms with van der Waals surface area (Å²) in [6.07, 6.45) is 2.76. The number of alkyl carbamates (subject to hydrolysis) is 2. The Morgan fingerprint density at radius 2 is 1.63 bits per heavy atom. The van der Waals surface area contributed by atoms with Gasteiger partial charge in [-0.1, -0.05) is 69.3 Å². The molecule has 0 saturated carbocycles. The van der Waals surface area contributed by atoms with Crippen molar-refractivity contribution >= 4 is 45.8 Å². The molecule has 4 amide bonds. The van der Waals surface area contributed by atoms with Gasteiger partial charge in [0.05, 0.1) is 49.2 Å². The van der Waals surface area contributed by atoms with E-state index in [2.05, 4.69) is 70.8 Å². The number of likely N-dealkylation sites (tertiary alicyclic amines) is 2. The molecule has 3 aliphatic heterocycles. The smallest absolute Gasteiger partial charge is 0.407 e. The molecule has 2 fully saturated rings. The van der Waals surface area contributed by atoms with Crippen molar-refractivity contribution in [1.82, 2.24) is 40.4 Å². The number of methoxy groups -OCH3 is 2. The van der Waals surface area contributed by atoms with Crippen molar-refractivity contribution < 1.29 is 33.4 Å². The Morgan fingerprint density at radius 1 is 0.857 bits per heavy atom. The van der Waals surface area contributed by atoms with E-state index in [0.29, 0.717) is 30.4 Å². The van der Waals surface area contributed by atoms with Gasteiger partial charge in [0.15, 0.2) is 0 Å². The molecule has 1 unspecified atom stereocenters. The first-order chi connectivity index (χ1) is 30.4. The SMILES string of the molecule is COC(=O)N[C@H](C(=O)N1[C@H](C)C(C)C[C@H]1c1nc2ccc3cc4c(cc3c2[nH]1)OCc1cc(-c2cnc([C@@H]3CCCN3C(=O)[C@H](NC(=O)OC)c3ccccc3)[nH]2)ccc1-4)C(C)C. The van der Waals surface area contributed by atoms with E-state index in [1.807, 2.05) is 55.1 Å². The maximum Gasteiger partial charge on any atom is 0.407 e. The second-order valence-electron chi connectivity index (χ2n) is 17.2. The predicted molar refractivity (Wildman–Crippen MR) is 236 cm³/mol. The van der Waals surface area contributed by atoms with E-state index in [1.54, 1.807) is 11.1 Å². The molecule has 2 aromatic heterocycles. The summed E-state index contributed by atoms with van der Waals surface area (Å²) in [6.45, 7) is 8.93. The number of nitrogens with one attached hydrogen (secondary N) is 4. The molecule has 4 N–H and O–H groups in total. The van der Waals surface area contributed by atoms with Crippen molar-refractivity contribution in [3.63, 3.8) is 0 Å². The van der Waals surface area contributed by atoms with Crippen LogP contribution in [0.1, 0.15) is 87.9 Å². The molecule has 326 valence electrons. The fourth-order valence-electron chi connectivity index (χ4n) is 9.56. The first-order valence-corrected chi connectivity index (χ1v) is 21.6. The van der Waals surface area contributed by atoms with Gasteiger partial charge in [0.2, 0.25) is 5.91 Å². The maximum atomic E-state index is 14.1. The summed E-state index contributed by atoms with van der Waals surface area (Å²) in [5.41, 5.74) is 7.21. The van der Waals surface area contributed by atoms with Crippen LogP contribution in [0.3, 0.4) is 0 Å². The summed E-state index contributed by atoms with van der Waals surface area (Å²) in [7, 11) is 2.58. The quantitative estimate of drug-likeness (QED) is 0.112. The van der Waals surface area contributed by atoms with Gasteiger partial charge in [-0.2, -0.15) is 0 Å². The van der Waals surface area contributed by atoms with Gasteiger partial charge in [0, 0.05) is 23.5 Å². The first kappa shape index (κ1) is 41.5. The lowest BCUT2D eigenvalue weighted by atomic mass is 9.92. The molecule has 6 atom stereocenters. The number of benzene rings is 4. The van der Waals surface area contributed by atoms with Crippen LogP contribution in [0.5, 0.6) is 5.75 Å². The zero-order valence-electron chi connectivity index (χ0n) is 36.2. The molecule has 15 nitrogen and oxygen atoms in total. The Labute approximate surface area is 364 Å². The maximum absolute atomic E-state index is 14.1. The van der Waals surface area contributed by atoms with Crippen molar-refractivity contribution in [3.05, 3.63) is 102 Å². The highest BCUT2D eigenvalue weighted by atomic mass is 16.5. The third-order valence-corrected chi connectivity index (χ3v) is 13.1. The van der Waals surface area contributed by atoms with E-state index in [0.717, 1.165) is 74.8 Å². The fourth-order valence-corrected chi connectivity index (χ4v) is 9.56. The second kappa shape index (κ2) is 16.8. The minimum absolute atomic E-state index is 0.0609. The Kier molecular flexibility index (Phi) is 11.0.